The minimum absolute atomic E-state index is 0.00695. The number of aromatic nitrogens is 2. The fourth-order valence-electron chi connectivity index (χ4n) is 2.05. The molecule has 0 aliphatic rings. The highest BCUT2D eigenvalue weighted by molar-refractivity contribution is 5.86. The van der Waals surface area contributed by atoms with Gasteiger partial charge in [-0.2, -0.15) is 5.10 Å². The fourth-order valence-corrected chi connectivity index (χ4v) is 2.05. The Kier molecular flexibility index (Phi) is 3.93. The van der Waals surface area contributed by atoms with E-state index in [2.05, 4.69) is 5.10 Å². The molecule has 2 aromatic rings. The maximum Gasteiger partial charge on any atom is 0.270 e. The van der Waals surface area contributed by atoms with Crippen molar-refractivity contribution in [3.63, 3.8) is 0 Å². The Labute approximate surface area is 116 Å². The van der Waals surface area contributed by atoms with Crippen LogP contribution in [0.15, 0.2) is 24.4 Å². The average molecular weight is 273 g/mol. The third kappa shape index (κ3) is 2.59. The van der Waals surface area contributed by atoms with Gasteiger partial charge < -0.3 is 0 Å². The monoisotopic (exact) mass is 273 g/mol. The Balaban J connectivity index is 2.57. The molecule has 0 saturated heterocycles. The highest BCUT2D eigenvalue weighted by atomic mass is 16.6. The zero-order valence-corrected chi connectivity index (χ0v) is 11.4. The van der Waals surface area contributed by atoms with Gasteiger partial charge in [0.15, 0.2) is 6.29 Å². The van der Waals surface area contributed by atoms with Gasteiger partial charge in [0.2, 0.25) is 0 Å². The van der Waals surface area contributed by atoms with Crippen molar-refractivity contribution in [2.45, 2.75) is 26.8 Å². The quantitative estimate of drug-likeness (QED) is 0.476. The van der Waals surface area contributed by atoms with E-state index in [0.29, 0.717) is 23.4 Å². The molecule has 0 unspecified atom stereocenters. The van der Waals surface area contributed by atoms with E-state index >= 15 is 0 Å². The molecule has 1 heterocycles. The third-order valence-corrected chi connectivity index (χ3v) is 3.06. The predicted molar refractivity (Wildman–Crippen MR) is 74.7 cm³/mol. The summed E-state index contributed by atoms with van der Waals surface area (Å²) >= 11 is 0. The molecule has 0 saturated carbocycles. The minimum atomic E-state index is -0.452. The summed E-state index contributed by atoms with van der Waals surface area (Å²) in [6.45, 7) is 4.56. The number of hydrogen-bond donors (Lipinski definition) is 0. The van der Waals surface area contributed by atoms with Gasteiger partial charge in [0.1, 0.15) is 5.69 Å². The number of carbonyl (C=O) groups excluding carboxylic acids is 1. The maximum absolute atomic E-state index is 11.2. The molecule has 0 aliphatic heterocycles. The highest BCUT2D eigenvalue weighted by Gasteiger charge is 2.16. The second-order valence-electron chi connectivity index (χ2n) is 4.57. The molecule has 0 bridgehead atoms. The number of non-ortho nitro benzene ring substituents is 1. The number of rotatable bonds is 5. The molecule has 2 rings (SSSR count). The standard InChI is InChI=1S/C14H15N3O3/c1-3-6-16-8-11(9-18)14(15-16)13-7-12(17(19)20)5-4-10(13)2/h4-5,7-9H,3,6H2,1-2H3. The molecule has 1 aromatic heterocycles. The van der Waals surface area contributed by atoms with Gasteiger partial charge in [0.05, 0.1) is 10.5 Å². The third-order valence-electron chi connectivity index (χ3n) is 3.06. The van der Waals surface area contributed by atoms with Gasteiger partial charge in [-0.3, -0.25) is 19.6 Å². The Morgan fingerprint density at radius 1 is 1.45 bits per heavy atom. The lowest BCUT2D eigenvalue weighted by molar-refractivity contribution is -0.384. The first-order valence-electron chi connectivity index (χ1n) is 6.34. The van der Waals surface area contributed by atoms with E-state index in [4.69, 9.17) is 0 Å². The second kappa shape index (κ2) is 5.64. The molecule has 0 atom stereocenters. The Morgan fingerprint density at radius 2 is 2.20 bits per heavy atom. The van der Waals surface area contributed by atoms with Gasteiger partial charge in [-0.05, 0) is 18.9 Å². The van der Waals surface area contributed by atoms with Crippen LogP contribution in [-0.4, -0.2) is 21.0 Å². The van der Waals surface area contributed by atoms with Crippen molar-refractivity contribution in [3.05, 3.63) is 45.6 Å². The molecule has 0 aliphatic carbocycles. The van der Waals surface area contributed by atoms with Gasteiger partial charge >= 0.3 is 0 Å². The van der Waals surface area contributed by atoms with E-state index in [-0.39, 0.29) is 5.69 Å². The maximum atomic E-state index is 11.2. The van der Waals surface area contributed by atoms with Crippen LogP contribution in [0.4, 0.5) is 5.69 Å². The molecule has 0 N–H and O–H groups in total. The first-order valence-corrected chi connectivity index (χ1v) is 6.34. The van der Waals surface area contributed by atoms with Crippen LogP contribution >= 0.6 is 0 Å². The van der Waals surface area contributed by atoms with Crippen molar-refractivity contribution in [2.24, 2.45) is 0 Å². The SMILES string of the molecule is CCCn1cc(C=O)c(-c2cc([N+](=O)[O-])ccc2C)n1. The molecule has 6 heteroatoms. The van der Waals surface area contributed by atoms with Crippen LogP contribution in [0.25, 0.3) is 11.3 Å². The lowest BCUT2D eigenvalue weighted by Gasteiger charge is -2.03. The largest absolute Gasteiger partial charge is 0.298 e. The number of aryl methyl sites for hydroxylation is 2. The van der Waals surface area contributed by atoms with Gasteiger partial charge in [-0.15, -0.1) is 0 Å². The van der Waals surface area contributed by atoms with Crippen molar-refractivity contribution in [1.82, 2.24) is 9.78 Å². The lowest BCUT2D eigenvalue weighted by atomic mass is 10.0. The van der Waals surface area contributed by atoms with Gasteiger partial charge in [0.25, 0.3) is 5.69 Å². The Morgan fingerprint density at radius 3 is 2.80 bits per heavy atom. The van der Waals surface area contributed by atoms with Gasteiger partial charge in [-0.25, -0.2) is 0 Å². The molecule has 0 radical (unpaired) electrons. The summed E-state index contributed by atoms with van der Waals surface area (Å²) in [5, 5.41) is 15.2. The number of nitro benzene ring substituents is 1. The predicted octanol–water partition coefficient (Wildman–Crippen LogP) is 2.99. The van der Waals surface area contributed by atoms with Crippen molar-refractivity contribution >= 4 is 12.0 Å². The first kappa shape index (κ1) is 13.9. The van der Waals surface area contributed by atoms with Crippen LogP contribution in [0.2, 0.25) is 0 Å². The van der Waals surface area contributed by atoms with Crippen molar-refractivity contribution in [3.8, 4) is 11.3 Å². The number of benzene rings is 1. The number of aldehydes is 1. The van der Waals surface area contributed by atoms with E-state index < -0.39 is 4.92 Å². The molecule has 0 fully saturated rings. The number of carbonyl (C=O) groups is 1. The zero-order valence-electron chi connectivity index (χ0n) is 11.4. The second-order valence-corrected chi connectivity index (χ2v) is 4.57. The van der Waals surface area contributed by atoms with Crippen LogP contribution in [0, 0.1) is 17.0 Å². The molecule has 0 spiro atoms. The summed E-state index contributed by atoms with van der Waals surface area (Å²) in [6, 6.07) is 4.57. The van der Waals surface area contributed by atoms with E-state index in [1.165, 1.54) is 12.1 Å². The Bertz CT molecular complexity index is 662. The van der Waals surface area contributed by atoms with Crippen LogP contribution in [0.5, 0.6) is 0 Å². The van der Waals surface area contributed by atoms with Crippen molar-refractivity contribution < 1.29 is 9.72 Å². The van der Waals surface area contributed by atoms with Crippen LogP contribution in [0.3, 0.4) is 0 Å². The summed E-state index contributed by atoms with van der Waals surface area (Å²) in [7, 11) is 0. The van der Waals surface area contributed by atoms with Gasteiger partial charge in [0, 0.05) is 30.4 Å². The molecule has 1 aromatic carbocycles. The number of hydrogen-bond acceptors (Lipinski definition) is 4. The summed E-state index contributed by atoms with van der Waals surface area (Å²) in [5.41, 5.74) is 2.40. The van der Waals surface area contributed by atoms with Crippen LogP contribution < -0.4 is 0 Å². The average Bonchev–Trinajstić information content (AvgIpc) is 2.82. The molecule has 20 heavy (non-hydrogen) atoms. The lowest BCUT2D eigenvalue weighted by Crippen LogP contribution is -1.97. The summed E-state index contributed by atoms with van der Waals surface area (Å²) in [5.74, 6) is 0. The zero-order chi connectivity index (χ0) is 14.7. The molecular weight excluding hydrogens is 258 g/mol. The summed E-state index contributed by atoms with van der Waals surface area (Å²) in [6.07, 6.45) is 3.30. The molecule has 6 nitrogen and oxygen atoms in total. The number of nitro groups is 1. The van der Waals surface area contributed by atoms with Crippen LogP contribution in [0.1, 0.15) is 29.3 Å². The van der Waals surface area contributed by atoms with E-state index in [0.717, 1.165) is 18.3 Å². The van der Waals surface area contributed by atoms with Crippen molar-refractivity contribution in [1.29, 1.82) is 0 Å². The van der Waals surface area contributed by atoms with E-state index in [1.54, 1.807) is 16.9 Å². The van der Waals surface area contributed by atoms with E-state index in [9.17, 15) is 14.9 Å². The minimum Gasteiger partial charge on any atom is -0.298 e. The highest BCUT2D eigenvalue weighted by Crippen LogP contribution is 2.28. The summed E-state index contributed by atoms with van der Waals surface area (Å²) in [4.78, 5) is 21.6. The van der Waals surface area contributed by atoms with Gasteiger partial charge in [-0.1, -0.05) is 13.0 Å². The fraction of sp³-hybridized carbons (Fsp3) is 0.286. The molecule has 104 valence electrons. The topological polar surface area (TPSA) is 78.0 Å². The smallest absolute Gasteiger partial charge is 0.270 e. The normalized spacial score (nSPS) is 10.5. The first-order chi connectivity index (χ1) is 9.56. The summed E-state index contributed by atoms with van der Waals surface area (Å²) < 4.78 is 1.69. The van der Waals surface area contributed by atoms with E-state index in [1.807, 2.05) is 13.8 Å². The molecular formula is C14H15N3O3. The van der Waals surface area contributed by atoms with Crippen LogP contribution in [-0.2, 0) is 6.54 Å². The Hall–Kier alpha value is -2.50. The molecule has 0 amide bonds. The van der Waals surface area contributed by atoms with Crippen molar-refractivity contribution in [2.75, 3.05) is 0 Å². The number of nitrogens with zero attached hydrogens (tertiary/aromatic N) is 3.